The zero-order valence-electron chi connectivity index (χ0n) is 43.7. The Morgan fingerprint density at radius 1 is 0.429 bits per heavy atom. The van der Waals surface area contributed by atoms with Crippen LogP contribution in [0, 0.1) is 0 Å². The van der Waals surface area contributed by atoms with Gasteiger partial charge >= 0.3 is 548 Å². The normalized spacial score (nSPS) is 5.89. The van der Waals surface area contributed by atoms with Crippen molar-refractivity contribution in [2.24, 2.45) is 0 Å². The van der Waals surface area contributed by atoms with E-state index in [1.54, 1.807) is 0 Å². The van der Waals surface area contributed by atoms with Crippen molar-refractivity contribution in [1.29, 1.82) is 0 Å². The van der Waals surface area contributed by atoms with Gasteiger partial charge in [0.05, 0.1) is 0 Å². The van der Waals surface area contributed by atoms with Crippen LogP contribution >= 0.6 is 0 Å². The Morgan fingerprint density at radius 3 is 0.857 bits per heavy atom. The monoisotopic (exact) mass is 744 g/mol. The third-order valence-electron chi connectivity index (χ3n) is 3.18. The molecule has 1 nitrogen and oxygen atoms in total. The molecule has 0 aromatic heterocycles. The molecule has 0 fully saturated rings. The first-order valence-corrected chi connectivity index (χ1v) is 8.64. The molecular weight excluding hydrogens is 692 g/mol. The number of hydrogen-bond donors (Lipinski definition) is 0. The second kappa shape index (κ2) is 84.1. The molecule has 0 radical (unpaired) electrons. The minimum absolute atomic E-state index is 0. The van der Waals surface area contributed by atoms with Crippen molar-refractivity contribution in [3.05, 3.63) is 0 Å². The van der Waals surface area contributed by atoms with Gasteiger partial charge in [-0.2, -0.15) is 0 Å². The van der Waals surface area contributed by atoms with Gasteiger partial charge in [-0.05, 0) is 0 Å². The van der Waals surface area contributed by atoms with Gasteiger partial charge < -0.3 is 34.2 Å². The van der Waals surface area contributed by atoms with Gasteiger partial charge in [0.25, 0.3) is 0 Å². The first-order valence-electron chi connectivity index (χ1n) is 7.35. The van der Waals surface area contributed by atoms with Gasteiger partial charge in [0.15, 0.2) is 0 Å². The van der Waals surface area contributed by atoms with Crippen molar-refractivity contribution in [2.75, 3.05) is 0 Å². The fraction of sp³-hybridized carbons (Fsp3) is 1.00. The Balaban J connectivity index is -0.00000000179. The van der Waals surface area contributed by atoms with Crippen LogP contribution in [-0.4, -0.2) is 468 Å². The Bertz CT molecular complexity index is 216. The molecule has 0 unspecified atom stereocenters. The quantitative estimate of drug-likeness (QED) is 0.209. The molecular formula is C14H53AlCa12O. The molecule has 0 N–H and O–H groups in total. The van der Waals surface area contributed by atoms with Crippen LogP contribution in [0.4, 0.5) is 0 Å². The van der Waals surface area contributed by atoms with Crippen LogP contribution in [0.25, 0.3) is 0 Å². The average Bonchev–Trinajstić information content (AvgIpc) is 2.31. The van der Waals surface area contributed by atoms with E-state index in [4.69, 9.17) is 0 Å². The van der Waals surface area contributed by atoms with E-state index in [0.29, 0.717) is 0 Å². The minimum atomic E-state index is -0.487. The molecule has 0 saturated carbocycles. The third kappa shape index (κ3) is 83.8. The molecule has 0 bridgehead atoms. The van der Waals surface area contributed by atoms with Crippen LogP contribution in [0.5, 0.6) is 0 Å². The summed E-state index contributed by atoms with van der Waals surface area (Å²) < 4.78 is 10.3. The van der Waals surface area contributed by atoms with Crippen molar-refractivity contribution < 1.29 is 38.0 Å². The molecule has 28 heavy (non-hydrogen) atoms. The Kier molecular flexibility index (Phi) is 254. The Labute approximate surface area is 577 Å². The topological polar surface area (TPSA) is 17.1 Å². The molecule has 14 heteroatoms. The average molecular weight is 745 g/mol. The van der Waals surface area contributed by atoms with Crippen LogP contribution in [0.15, 0.2) is 0 Å². The molecule has 0 saturated heterocycles. The smallest absolute Gasteiger partial charge is 1.00 e. The summed E-state index contributed by atoms with van der Waals surface area (Å²) >= 11 is -0.487. The number of hydrogen-bond acceptors (Lipinski definition) is 1. The van der Waals surface area contributed by atoms with Crippen molar-refractivity contribution >= 4 is 468 Å². The van der Waals surface area contributed by atoms with Crippen LogP contribution in [0.3, 0.4) is 0 Å². The fourth-order valence-electron chi connectivity index (χ4n) is 2.07. The maximum absolute atomic E-state index is 10.3. The Hall–Kier alpha value is 15.4. The number of unbranched alkanes of at least 4 members (excludes halogenated alkanes) is 11. The third-order valence-corrected chi connectivity index (χ3v) is 3.82. The van der Waals surface area contributed by atoms with E-state index >= 15 is 0 Å². The minimum Gasteiger partial charge on any atom is -1.00 e. The molecule has 0 aliphatic heterocycles. The summed E-state index contributed by atoms with van der Waals surface area (Å²) in [5.41, 5.74) is 0. The van der Waals surface area contributed by atoms with E-state index in [0.717, 1.165) is 5.28 Å². The van der Waals surface area contributed by atoms with Crippen molar-refractivity contribution in [1.82, 2.24) is 0 Å². The van der Waals surface area contributed by atoms with E-state index in [1.807, 2.05) is 0 Å². The van der Waals surface area contributed by atoms with Crippen molar-refractivity contribution in [3.63, 3.8) is 0 Å². The van der Waals surface area contributed by atoms with Crippen molar-refractivity contribution in [3.8, 4) is 0 Å². The van der Waals surface area contributed by atoms with Crippen LogP contribution in [-0.2, 0) is 3.80 Å². The second-order valence-corrected chi connectivity index (χ2v) is 5.76. The van der Waals surface area contributed by atoms with Crippen LogP contribution in [0.1, 0.15) is 118 Å². The van der Waals surface area contributed by atoms with Crippen LogP contribution < -0.4 is 0 Å². The van der Waals surface area contributed by atoms with Gasteiger partial charge in [-0.15, -0.1) is 0 Å². The van der Waals surface area contributed by atoms with E-state index < -0.39 is 15.2 Å². The van der Waals surface area contributed by atoms with Gasteiger partial charge in [-0.25, -0.2) is 0 Å². The van der Waals surface area contributed by atoms with Crippen molar-refractivity contribution in [2.45, 2.75) is 89.3 Å². The van der Waals surface area contributed by atoms with Gasteiger partial charge in [0, 0.05) is 0 Å². The first-order chi connectivity index (χ1) is 7.91. The molecule has 0 spiro atoms. The molecule has 0 aliphatic rings. The van der Waals surface area contributed by atoms with Gasteiger partial charge in [-0.1, -0.05) is 13.3 Å². The van der Waals surface area contributed by atoms with Crippen LogP contribution in [0.2, 0.25) is 5.28 Å². The Morgan fingerprint density at radius 2 is 0.643 bits per heavy atom. The van der Waals surface area contributed by atoms with E-state index in [9.17, 15) is 3.80 Å². The fourth-order valence-corrected chi connectivity index (χ4v) is 2.52. The largest absolute Gasteiger partial charge is 2.00 e. The number of rotatable bonds is 13. The van der Waals surface area contributed by atoms with Gasteiger partial charge in [0.1, 0.15) is 0 Å². The van der Waals surface area contributed by atoms with E-state index in [-0.39, 0.29) is 487 Å². The first kappa shape index (κ1) is 84.4. The molecule has 0 atom stereocenters. The van der Waals surface area contributed by atoms with Gasteiger partial charge in [-0.3, -0.25) is 0 Å². The summed E-state index contributed by atoms with van der Waals surface area (Å²) in [6, 6.07) is 0. The SMILES string of the molecule is CCCCCCCCCCCCC[CH2][Al]=[O].[Ca+2].[Ca+2].[Ca+2].[Ca+2].[Ca+2].[Ca+2].[Ca+2].[Ca+2].[Ca+2].[Ca+2].[Ca+2].[Ca+2].[H-].[H-].[H-].[H-].[H-].[H-].[H-].[H-].[H-].[H-].[H-].[H-].[H-].[H-].[H-].[H-].[H-].[H-].[H-].[H-].[H-].[H-].[H-].[H-]. The predicted octanol–water partition coefficient (Wildman–Crippen LogP) is 3.29. The second-order valence-electron chi connectivity index (χ2n) is 4.84. The summed E-state index contributed by atoms with van der Waals surface area (Å²) in [4.78, 5) is 0. The molecule has 0 aromatic rings. The summed E-state index contributed by atoms with van der Waals surface area (Å²) in [6.07, 6.45) is 16.6. The summed E-state index contributed by atoms with van der Waals surface area (Å²) in [7, 11) is 0. The van der Waals surface area contributed by atoms with Gasteiger partial charge in [0.2, 0.25) is 0 Å². The summed E-state index contributed by atoms with van der Waals surface area (Å²) in [5, 5.41) is 0.970. The standard InChI is InChI=1S/C14H29.Al.12Ca.O.24H/c1-3-5-7-9-11-13-14-12-10-8-6-4-2;;;;;;;;;;;;;;;;;;;;;;;;;;;;;;;;;;;;;;/h1,3-14H2,2H3;;;;;;;;;;;;;;;;;;;;;;;;;;;;;;;;;;;;;;/q;;12*+2;;24*-1. The zero-order valence-corrected chi connectivity index (χ0v) is 47.3. The molecule has 0 rings (SSSR count). The zero-order chi connectivity index (χ0) is 11.9. The summed E-state index contributed by atoms with van der Waals surface area (Å²) in [6.45, 7) is 2.27. The molecule has 0 heterocycles. The molecule has 0 aromatic carbocycles. The predicted molar refractivity (Wildman–Crippen MR) is 168 cm³/mol. The van der Waals surface area contributed by atoms with E-state index in [1.165, 1.54) is 77.0 Å². The maximum Gasteiger partial charge on any atom is 2.00 e. The maximum atomic E-state index is 10.3. The van der Waals surface area contributed by atoms with E-state index in [2.05, 4.69) is 6.92 Å². The molecule has 142 valence electrons. The molecule has 0 amide bonds. The molecule has 0 aliphatic carbocycles. The summed E-state index contributed by atoms with van der Waals surface area (Å²) in [5.74, 6) is 0.